The predicted molar refractivity (Wildman–Crippen MR) is 143 cm³/mol. The molecule has 0 saturated heterocycles. The highest BCUT2D eigenvalue weighted by molar-refractivity contribution is 7.99. The van der Waals surface area contributed by atoms with Crippen molar-refractivity contribution in [2.45, 2.75) is 25.9 Å². The molecule has 0 bridgehead atoms. The first kappa shape index (κ1) is 25.1. The molecule has 0 unspecified atom stereocenters. The number of benzene rings is 2. The molecule has 2 heterocycles. The summed E-state index contributed by atoms with van der Waals surface area (Å²) < 4.78 is 27.1. The molecule has 1 aliphatic rings. The number of anilines is 1. The first-order valence-electron chi connectivity index (χ1n) is 11.4. The Labute approximate surface area is 210 Å². The van der Waals surface area contributed by atoms with E-state index in [1.54, 1.807) is 16.4 Å². The number of hydrogen-bond donors (Lipinski definition) is 1. The summed E-state index contributed by atoms with van der Waals surface area (Å²) in [7, 11) is -3.21. The Morgan fingerprint density at radius 3 is 2.54 bits per heavy atom. The molecule has 1 aliphatic heterocycles. The van der Waals surface area contributed by atoms with Crippen LogP contribution in [0, 0.1) is 6.92 Å². The highest BCUT2D eigenvalue weighted by atomic mass is 32.2. The van der Waals surface area contributed by atoms with Crippen LogP contribution in [-0.2, 0) is 10.0 Å². The van der Waals surface area contributed by atoms with E-state index in [9.17, 15) is 8.42 Å². The fourth-order valence-corrected chi connectivity index (χ4v) is 4.86. The predicted octanol–water partition coefficient (Wildman–Crippen LogP) is 3.46. The maximum Gasteiger partial charge on any atom is 0.212 e. The molecule has 0 amide bonds. The molecule has 1 aromatic heterocycles. The van der Waals surface area contributed by atoms with Gasteiger partial charge in [-0.05, 0) is 43.4 Å². The van der Waals surface area contributed by atoms with Crippen molar-refractivity contribution in [3.63, 3.8) is 0 Å². The summed E-state index contributed by atoms with van der Waals surface area (Å²) in [5.74, 6) is 1.50. The summed E-state index contributed by atoms with van der Waals surface area (Å²) in [6.07, 6.45) is 1.17. The fraction of sp³-hybridized carbons (Fsp3) is 0.333. The van der Waals surface area contributed by atoms with Crippen molar-refractivity contribution < 1.29 is 8.42 Å². The van der Waals surface area contributed by atoms with Crippen LogP contribution in [0.2, 0.25) is 0 Å². The molecule has 2 aromatic carbocycles. The molecule has 9 nitrogen and oxygen atoms in total. The molecule has 0 saturated carbocycles. The van der Waals surface area contributed by atoms with Gasteiger partial charge in [0.25, 0.3) is 0 Å². The average molecular weight is 512 g/mol. The quantitative estimate of drug-likeness (QED) is 0.418. The lowest BCUT2D eigenvalue weighted by Crippen LogP contribution is -2.34. The third kappa shape index (κ3) is 5.80. The van der Waals surface area contributed by atoms with Crippen molar-refractivity contribution in [1.82, 2.24) is 19.6 Å². The smallest absolute Gasteiger partial charge is 0.212 e. The number of aliphatic imine (C=N–C) groups is 1. The highest BCUT2D eigenvalue weighted by Crippen LogP contribution is 2.29. The molecule has 1 N–H and O–H groups in total. The number of aryl methyl sites for hydroxylation is 1. The number of thioether (sulfide) groups is 1. The van der Waals surface area contributed by atoms with Crippen LogP contribution in [0.1, 0.15) is 30.8 Å². The van der Waals surface area contributed by atoms with E-state index in [1.165, 1.54) is 6.26 Å². The van der Waals surface area contributed by atoms with Gasteiger partial charge in [0.1, 0.15) is 11.4 Å². The van der Waals surface area contributed by atoms with Crippen molar-refractivity contribution in [3.05, 3.63) is 65.5 Å². The zero-order valence-electron chi connectivity index (χ0n) is 20.3. The van der Waals surface area contributed by atoms with E-state index < -0.39 is 10.0 Å². The SMILES string of the molecule is CCSc1nnc2n1N=C(c1ccccc1)C2=Nc1ccc(N(CC)CCNS(C)(=O)=O)cc1C. The minimum absolute atomic E-state index is 0.348. The van der Waals surface area contributed by atoms with Crippen LogP contribution in [0.4, 0.5) is 11.4 Å². The fourth-order valence-electron chi connectivity index (χ4n) is 3.79. The second-order valence-electron chi connectivity index (χ2n) is 8.04. The molecule has 0 fully saturated rings. The van der Waals surface area contributed by atoms with E-state index in [0.717, 1.165) is 45.7 Å². The summed E-state index contributed by atoms with van der Waals surface area (Å²) in [4.78, 5) is 7.12. The van der Waals surface area contributed by atoms with Crippen LogP contribution < -0.4 is 9.62 Å². The molecule has 0 aliphatic carbocycles. The van der Waals surface area contributed by atoms with Gasteiger partial charge in [-0.1, -0.05) is 49.0 Å². The van der Waals surface area contributed by atoms with E-state index in [1.807, 2.05) is 56.3 Å². The number of rotatable bonds is 10. The Morgan fingerprint density at radius 1 is 1.11 bits per heavy atom. The summed E-state index contributed by atoms with van der Waals surface area (Å²) in [5.41, 5.74) is 5.24. The summed E-state index contributed by atoms with van der Waals surface area (Å²) >= 11 is 1.59. The van der Waals surface area contributed by atoms with E-state index >= 15 is 0 Å². The first-order valence-corrected chi connectivity index (χ1v) is 14.3. The lowest BCUT2D eigenvalue weighted by Gasteiger charge is -2.24. The van der Waals surface area contributed by atoms with Gasteiger partial charge in [-0.15, -0.1) is 10.2 Å². The topological polar surface area (TPSA) is 105 Å². The third-order valence-corrected chi connectivity index (χ3v) is 7.00. The maximum atomic E-state index is 11.4. The third-order valence-electron chi connectivity index (χ3n) is 5.47. The zero-order chi connectivity index (χ0) is 25.0. The number of hydrogen-bond acceptors (Lipinski definition) is 8. The van der Waals surface area contributed by atoms with Crippen LogP contribution in [0.25, 0.3) is 0 Å². The standard InChI is InChI=1S/C24H29N7O2S2/c1-5-30(15-14-25-35(4,32)33)19-12-13-20(17(3)16-19)26-22-21(18-10-8-7-9-11-18)29-31-23(22)27-28-24(31)34-6-2/h7-13,16,25H,5-6,14-15H2,1-4H3. The van der Waals surface area contributed by atoms with Gasteiger partial charge in [0.15, 0.2) is 0 Å². The van der Waals surface area contributed by atoms with E-state index in [0.29, 0.717) is 24.6 Å². The summed E-state index contributed by atoms with van der Waals surface area (Å²) in [6.45, 7) is 7.81. The van der Waals surface area contributed by atoms with Crippen molar-refractivity contribution in [3.8, 4) is 0 Å². The van der Waals surface area contributed by atoms with Gasteiger partial charge in [-0.3, -0.25) is 0 Å². The Bertz CT molecular complexity index is 1370. The number of nitrogens with one attached hydrogen (secondary N) is 1. The van der Waals surface area contributed by atoms with E-state index in [4.69, 9.17) is 10.1 Å². The molecular weight excluding hydrogens is 482 g/mol. The Kier molecular flexibility index (Phi) is 7.68. The summed E-state index contributed by atoms with van der Waals surface area (Å²) in [6, 6.07) is 16.0. The molecule has 35 heavy (non-hydrogen) atoms. The van der Waals surface area contributed by atoms with Gasteiger partial charge in [-0.2, -0.15) is 9.78 Å². The van der Waals surface area contributed by atoms with E-state index in [2.05, 4.69) is 32.8 Å². The van der Waals surface area contributed by atoms with Crippen LogP contribution in [0.15, 0.2) is 63.8 Å². The highest BCUT2D eigenvalue weighted by Gasteiger charge is 2.29. The molecule has 0 atom stereocenters. The van der Waals surface area contributed by atoms with Crippen LogP contribution in [0.3, 0.4) is 0 Å². The number of fused-ring (bicyclic) bond motifs is 1. The maximum absolute atomic E-state index is 11.4. The second kappa shape index (κ2) is 10.7. The molecular formula is C24H29N7O2S2. The monoisotopic (exact) mass is 511 g/mol. The molecule has 11 heteroatoms. The number of nitrogens with zero attached hydrogens (tertiary/aromatic N) is 6. The average Bonchev–Trinajstić information content (AvgIpc) is 3.38. The Balaban J connectivity index is 1.66. The molecule has 0 radical (unpaired) electrons. The van der Waals surface area contributed by atoms with Gasteiger partial charge in [-0.25, -0.2) is 18.1 Å². The minimum atomic E-state index is -3.21. The van der Waals surface area contributed by atoms with Gasteiger partial charge in [0.2, 0.25) is 21.0 Å². The van der Waals surface area contributed by atoms with Crippen molar-refractivity contribution in [2.75, 3.05) is 36.5 Å². The normalized spacial score (nSPS) is 14.3. The first-order chi connectivity index (χ1) is 16.8. The van der Waals surface area contributed by atoms with Crippen molar-refractivity contribution in [1.29, 1.82) is 0 Å². The lowest BCUT2D eigenvalue weighted by molar-refractivity contribution is 0.587. The minimum Gasteiger partial charge on any atom is -0.370 e. The van der Waals surface area contributed by atoms with Gasteiger partial charge < -0.3 is 4.90 Å². The van der Waals surface area contributed by atoms with Gasteiger partial charge in [0.05, 0.1) is 11.9 Å². The molecule has 4 rings (SSSR count). The Hall–Kier alpha value is -3.02. The number of aromatic nitrogens is 3. The van der Waals surface area contributed by atoms with Gasteiger partial charge in [0, 0.05) is 30.9 Å². The van der Waals surface area contributed by atoms with Crippen LogP contribution in [0.5, 0.6) is 0 Å². The number of likely N-dealkylation sites (N-methyl/N-ethyl adjacent to an activating group) is 1. The molecule has 3 aromatic rings. The van der Waals surface area contributed by atoms with Gasteiger partial charge >= 0.3 is 0 Å². The van der Waals surface area contributed by atoms with Crippen molar-refractivity contribution in [2.24, 2.45) is 10.1 Å². The second-order valence-corrected chi connectivity index (χ2v) is 11.1. The summed E-state index contributed by atoms with van der Waals surface area (Å²) in [5, 5.41) is 14.2. The molecule has 0 spiro atoms. The van der Waals surface area contributed by atoms with Crippen LogP contribution >= 0.6 is 11.8 Å². The Morgan fingerprint density at radius 2 is 1.89 bits per heavy atom. The van der Waals surface area contributed by atoms with E-state index in [-0.39, 0.29) is 0 Å². The largest absolute Gasteiger partial charge is 0.370 e. The lowest BCUT2D eigenvalue weighted by atomic mass is 10.1. The zero-order valence-corrected chi connectivity index (χ0v) is 21.9. The molecule has 184 valence electrons. The van der Waals surface area contributed by atoms with Crippen molar-refractivity contribution >= 4 is 44.6 Å². The van der Waals surface area contributed by atoms with Crippen LogP contribution in [-0.4, -0.2) is 66.4 Å². The number of sulfonamides is 1.